The highest BCUT2D eigenvalue weighted by molar-refractivity contribution is 8.00. The number of halogens is 1. The first-order valence-electron chi connectivity index (χ1n) is 5.57. The molecule has 0 aromatic heterocycles. The van der Waals surface area contributed by atoms with Crippen molar-refractivity contribution in [2.45, 2.75) is 18.3 Å². The third-order valence-electron chi connectivity index (χ3n) is 2.94. The van der Waals surface area contributed by atoms with Crippen LogP contribution in [0.25, 0.3) is 0 Å². The lowest BCUT2D eigenvalue weighted by Crippen LogP contribution is -2.44. The quantitative estimate of drug-likeness (QED) is 0.874. The molecule has 0 bridgehead atoms. The van der Waals surface area contributed by atoms with Crippen LogP contribution in [0.15, 0.2) is 18.2 Å². The van der Waals surface area contributed by atoms with E-state index in [9.17, 15) is 14.7 Å². The van der Waals surface area contributed by atoms with Crippen molar-refractivity contribution in [3.05, 3.63) is 28.8 Å². The summed E-state index contributed by atoms with van der Waals surface area (Å²) in [6.07, 6.45) is 0. The van der Waals surface area contributed by atoms with Crippen LogP contribution in [0, 0.1) is 0 Å². The van der Waals surface area contributed by atoms with Crippen molar-refractivity contribution in [1.82, 2.24) is 4.90 Å². The number of hydrogen-bond acceptors (Lipinski definition) is 4. The highest BCUT2D eigenvalue weighted by Crippen LogP contribution is 2.31. The molecule has 1 aliphatic heterocycles. The number of aliphatic carboxylic acids is 1. The van der Waals surface area contributed by atoms with Gasteiger partial charge in [-0.2, -0.15) is 0 Å². The van der Waals surface area contributed by atoms with Gasteiger partial charge in [-0.3, -0.25) is 4.79 Å². The summed E-state index contributed by atoms with van der Waals surface area (Å²) >= 11 is 7.17. The van der Waals surface area contributed by atoms with Crippen molar-refractivity contribution >= 4 is 35.2 Å². The zero-order valence-corrected chi connectivity index (χ0v) is 11.6. The number of thioether (sulfide) groups is 1. The summed E-state index contributed by atoms with van der Waals surface area (Å²) < 4.78 is 0. The van der Waals surface area contributed by atoms with Gasteiger partial charge in [0.05, 0.1) is 10.4 Å². The molecule has 1 aromatic rings. The Morgan fingerprint density at radius 2 is 2.16 bits per heavy atom. The molecule has 7 heteroatoms. The molecule has 1 fully saturated rings. The van der Waals surface area contributed by atoms with Gasteiger partial charge in [0, 0.05) is 11.3 Å². The Bertz CT molecular complexity index is 536. The first-order chi connectivity index (χ1) is 8.91. The van der Waals surface area contributed by atoms with Gasteiger partial charge in [0.1, 0.15) is 11.8 Å². The molecule has 102 valence electrons. The standard InChI is InChI=1S/C12H12ClNO4S/c1-6-14(9(5-19-6)12(17)18)11(16)7-2-3-10(15)8(13)4-7/h2-4,6,9,15H,5H2,1H3,(H,17,18). The molecule has 0 spiro atoms. The molecule has 19 heavy (non-hydrogen) atoms. The van der Waals surface area contributed by atoms with Crippen molar-refractivity contribution in [2.75, 3.05) is 5.75 Å². The smallest absolute Gasteiger partial charge is 0.327 e. The fourth-order valence-electron chi connectivity index (χ4n) is 1.93. The summed E-state index contributed by atoms with van der Waals surface area (Å²) in [6.45, 7) is 1.79. The number of rotatable bonds is 2. The number of aromatic hydroxyl groups is 1. The summed E-state index contributed by atoms with van der Waals surface area (Å²) in [5.74, 6) is -1.16. The van der Waals surface area contributed by atoms with E-state index in [1.807, 2.05) is 0 Å². The van der Waals surface area contributed by atoms with Crippen molar-refractivity contribution in [3.63, 3.8) is 0 Å². The number of hydrogen-bond donors (Lipinski definition) is 2. The number of phenolic OH excluding ortho intramolecular Hbond substituents is 1. The molecular formula is C12H12ClNO4S. The summed E-state index contributed by atoms with van der Waals surface area (Å²) in [5, 5.41) is 18.3. The summed E-state index contributed by atoms with van der Waals surface area (Å²) in [5.41, 5.74) is 0.267. The number of phenols is 1. The Kier molecular flexibility index (Phi) is 3.91. The van der Waals surface area contributed by atoms with Crippen LogP contribution in [0.3, 0.4) is 0 Å². The molecule has 2 rings (SSSR count). The fraction of sp³-hybridized carbons (Fsp3) is 0.333. The molecule has 1 saturated heterocycles. The summed E-state index contributed by atoms with van der Waals surface area (Å²) in [6, 6.07) is 3.26. The second-order valence-electron chi connectivity index (χ2n) is 4.17. The van der Waals surface area contributed by atoms with Crippen LogP contribution >= 0.6 is 23.4 Å². The van der Waals surface area contributed by atoms with Crippen LogP contribution in [-0.4, -0.2) is 44.2 Å². The minimum atomic E-state index is -1.02. The van der Waals surface area contributed by atoms with Crippen LogP contribution in [0.1, 0.15) is 17.3 Å². The summed E-state index contributed by atoms with van der Waals surface area (Å²) in [4.78, 5) is 24.8. The maximum atomic E-state index is 12.3. The van der Waals surface area contributed by atoms with Crippen LogP contribution in [-0.2, 0) is 4.79 Å². The topological polar surface area (TPSA) is 77.8 Å². The largest absolute Gasteiger partial charge is 0.506 e. The van der Waals surface area contributed by atoms with E-state index in [0.717, 1.165) is 0 Å². The highest BCUT2D eigenvalue weighted by Gasteiger charge is 2.39. The number of carbonyl (C=O) groups is 2. The minimum Gasteiger partial charge on any atom is -0.506 e. The minimum absolute atomic E-state index is 0.0669. The van der Waals surface area contributed by atoms with E-state index in [2.05, 4.69) is 0 Å². The van der Waals surface area contributed by atoms with Crippen LogP contribution < -0.4 is 0 Å². The summed E-state index contributed by atoms with van der Waals surface area (Å²) in [7, 11) is 0. The van der Waals surface area contributed by atoms with Crippen molar-refractivity contribution in [3.8, 4) is 5.75 Å². The van der Waals surface area contributed by atoms with E-state index < -0.39 is 17.9 Å². The number of nitrogens with zero attached hydrogens (tertiary/aromatic N) is 1. The average Bonchev–Trinajstić information content (AvgIpc) is 2.74. The molecule has 2 atom stereocenters. The zero-order chi connectivity index (χ0) is 14.2. The highest BCUT2D eigenvalue weighted by atomic mass is 35.5. The number of benzene rings is 1. The second-order valence-corrected chi connectivity index (χ2v) is 5.92. The van der Waals surface area contributed by atoms with Crippen molar-refractivity contribution in [2.24, 2.45) is 0 Å². The molecule has 0 radical (unpaired) electrons. The maximum Gasteiger partial charge on any atom is 0.327 e. The molecular weight excluding hydrogens is 290 g/mol. The Balaban J connectivity index is 2.31. The third-order valence-corrected chi connectivity index (χ3v) is 4.46. The Hall–Kier alpha value is -1.40. The van der Waals surface area contributed by atoms with Gasteiger partial charge in [-0.1, -0.05) is 11.6 Å². The average molecular weight is 302 g/mol. The number of amides is 1. The lowest BCUT2D eigenvalue weighted by atomic mass is 10.1. The predicted molar refractivity (Wildman–Crippen MR) is 72.6 cm³/mol. The van der Waals surface area contributed by atoms with Gasteiger partial charge < -0.3 is 15.1 Å². The van der Waals surface area contributed by atoms with Gasteiger partial charge in [0.25, 0.3) is 5.91 Å². The van der Waals surface area contributed by atoms with E-state index in [-0.39, 0.29) is 21.7 Å². The Morgan fingerprint density at radius 3 is 2.74 bits per heavy atom. The fourth-order valence-corrected chi connectivity index (χ4v) is 3.28. The molecule has 1 heterocycles. The number of carboxylic acids is 1. The van der Waals surface area contributed by atoms with Crippen LogP contribution in [0.5, 0.6) is 5.75 Å². The molecule has 0 saturated carbocycles. The number of carbonyl (C=O) groups excluding carboxylic acids is 1. The van der Waals surface area contributed by atoms with E-state index in [0.29, 0.717) is 5.75 Å². The van der Waals surface area contributed by atoms with Gasteiger partial charge >= 0.3 is 5.97 Å². The lowest BCUT2D eigenvalue weighted by molar-refractivity contribution is -0.141. The molecule has 5 nitrogen and oxygen atoms in total. The van der Waals surface area contributed by atoms with Gasteiger partial charge in [-0.15, -0.1) is 11.8 Å². The normalized spacial score (nSPS) is 22.5. The van der Waals surface area contributed by atoms with Gasteiger partial charge in [-0.05, 0) is 25.1 Å². The lowest BCUT2D eigenvalue weighted by Gasteiger charge is -2.25. The van der Waals surface area contributed by atoms with Crippen molar-refractivity contribution in [1.29, 1.82) is 0 Å². The van der Waals surface area contributed by atoms with Gasteiger partial charge in [-0.25, -0.2) is 4.79 Å². The first kappa shape index (κ1) is 14.0. The molecule has 2 N–H and O–H groups in total. The zero-order valence-electron chi connectivity index (χ0n) is 10.0. The van der Waals surface area contributed by atoms with Crippen LogP contribution in [0.2, 0.25) is 5.02 Å². The first-order valence-corrected chi connectivity index (χ1v) is 7.00. The van der Waals surface area contributed by atoms with Crippen molar-refractivity contribution < 1.29 is 19.8 Å². The van der Waals surface area contributed by atoms with Gasteiger partial charge in [0.15, 0.2) is 0 Å². The SMILES string of the molecule is CC1SCC(C(=O)O)N1C(=O)c1ccc(O)c(Cl)c1. The Morgan fingerprint density at radius 1 is 1.47 bits per heavy atom. The predicted octanol–water partition coefficient (Wildman–Crippen LogP) is 2.03. The van der Waals surface area contributed by atoms with E-state index in [4.69, 9.17) is 16.7 Å². The molecule has 0 aliphatic carbocycles. The molecule has 1 aliphatic rings. The third kappa shape index (κ3) is 2.64. The van der Waals surface area contributed by atoms with E-state index >= 15 is 0 Å². The van der Waals surface area contributed by atoms with Crippen LogP contribution in [0.4, 0.5) is 0 Å². The van der Waals surface area contributed by atoms with E-state index in [1.54, 1.807) is 6.92 Å². The maximum absolute atomic E-state index is 12.3. The number of carboxylic acid groups (broad SMARTS) is 1. The van der Waals surface area contributed by atoms with E-state index in [1.165, 1.54) is 34.9 Å². The molecule has 1 amide bonds. The Labute approximate surface area is 119 Å². The molecule has 2 unspecified atom stereocenters. The monoisotopic (exact) mass is 301 g/mol. The molecule has 1 aromatic carbocycles. The second kappa shape index (κ2) is 5.30. The van der Waals surface area contributed by atoms with Gasteiger partial charge in [0.2, 0.25) is 0 Å².